The topological polar surface area (TPSA) is 95.3 Å². The van der Waals surface area contributed by atoms with Crippen molar-refractivity contribution in [3.8, 4) is 0 Å². The van der Waals surface area contributed by atoms with Crippen molar-refractivity contribution in [1.82, 2.24) is 14.7 Å². The molecule has 0 unspecified atom stereocenters. The highest BCUT2D eigenvalue weighted by Gasteiger charge is 2.50. The maximum atomic E-state index is 13.0. The lowest BCUT2D eigenvalue weighted by Crippen LogP contribution is -2.42. The molecule has 2 heterocycles. The molecule has 1 aromatic heterocycles. The molecule has 1 saturated heterocycles. The van der Waals surface area contributed by atoms with Crippen LogP contribution >= 0.6 is 0 Å². The maximum absolute atomic E-state index is 13.0. The van der Waals surface area contributed by atoms with Crippen molar-refractivity contribution in [2.45, 2.75) is 52.6 Å². The van der Waals surface area contributed by atoms with E-state index in [0.717, 1.165) is 23.9 Å². The molecule has 1 amide bonds. The summed E-state index contributed by atoms with van der Waals surface area (Å²) in [5, 5.41) is 15.9. The van der Waals surface area contributed by atoms with Crippen molar-refractivity contribution in [3.05, 3.63) is 40.3 Å². The first kappa shape index (κ1) is 18.7. The third-order valence-electron chi connectivity index (χ3n) is 6.08. The van der Waals surface area contributed by atoms with Gasteiger partial charge in [0.2, 0.25) is 5.91 Å². The Morgan fingerprint density at radius 1 is 1.18 bits per heavy atom. The van der Waals surface area contributed by atoms with Crippen LogP contribution in [0, 0.1) is 10.8 Å². The lowest BCUT2D eigenvalue weighted by molar-refractivity contribution is -0.255. The van der Waals surface area contributed by atoms with Gasteiger partial charge in [-0.25, -0.2) is 4.68 Å². The zero-order valence-corrected chi connectivity index (χ0v) is 16.4. The summed E-state index contributed by atoms with van der Waals surface area (Å²) in [5.74, 6) is -1.66. The summed E-state index contributed by atoms with van der Waals surface area (Å²) < 4.78 is 0.964. The molecular formula is C21H24N3O4-. The highest BCUT2D eigenvalue weighted by molar-refractivity contribution is 6.00. The molecule has 2 atom stereocenters. The van der Waals surface area contributed by atoms with Crippen LogP contribution in [0.5, 0.6) is 0 Å². The van der Waals surface area contributed by atoms with Crippen LogP contribution in [0.15, 0.2) is 29.1 Å². The molecule has 7 heteroatoms. The Hall–Kier alpha value is -2.70. The smallest absolute Gasteiger partial charge is 0.275 e. The van der Waals surface area contributed by atoms with Gasteiger partial charge in [0.05, 0.1) is 11.4 Å². The van der Waals surface area contributed by atoms with Crippen LogP contribution < -0.4 is 10.7 Å². The first-order valence-corrected chi connectivity index (χ1v) is 9.59. The van der Waals surface area contributed by atoms with Crippen molar-refractivity contribution in [3.63, 3.8) is 0 Å². The Bertz CT molecular complexity index is 1040. The number of hydrogen-bond acceptors (Lipinski definition) is 5. The van der Waals surface area contributed by atoms with Crippen LogP contribution in [-0.2, 0) is 11.3 Å². The van der Waals surface area contributed by atoms with Crippen molar-refractivity contribution >= 4 is 22.6 Å². The quantitative estimate of drug-likeness (QED) is 0.795. The average molecular weight is 382 g/mol. The third-order valence-corrected chi connectivity index (χ3v) is 6.08. The normalized spacial score (nSPS) is 25.8. The number of carbonyl (C=O) groups is 2. The molecule has 2 fully saturated rings. The van der Waals surface area contributed by atoms with Gasteiger partial charge in [0.25, 0.3) is 5.56 Å². The number of amides is 1. The highest BCUT2D eigenvalue weighted by Crippen LogP contribution is 2.52. The number of hydrogen-bond donors (Lipinski definition) is 0. The minimum absolute atomic E-state index is 0.0833. The summed E-state index contributed by atoms with van der Waals surface area (Å²) in [4.78, 5) is 39.2. The Balaban J connectivity index is 1.68. The van der Waals surface area contributed by atoms with Gasteiger partial charge in [-0.2, -0.15) is 5.10 Å². The summed E-state index contributed by atoms with van der Waals surface area (Å²) >= 11 is 0. The van der Waals surface area contributed by atoms with Crippen LogP contribution in [0.25, 0.3) is 10.8 Å². The first-order chi connectivity index (χ1) is 13.1. The molecule has 1 saturated carbocycles. The molecule has 1 aromatic carbocycles. The molecule has 7 nitrogen and oxygen atoms in total. The number of aromatic carboxylic acids is 1. The largest absolute Gasteiger partial charge is 0.543 e. The predicted octanol–water partition coefficient (Wildman–Crippen LogP) is 1.19. The van der Waals surface area contributed by atoms with Gasteiger partial charge in [0.1, 0.15) is 12.2 Å². The van der Waals surface area contributed by atoms with Crippen LogP contribution in [0.3, 0.4) is 0 Å². The molecular weight excluding hydrogens is 358 g/mol. The molecule has 0 radical (unpaired) electrons. The fourth-order valence-corrected chi connectivity index (χ4v) is 5.46. The van der Waals surface area contributed by atoms with Gasteiger partial charge in [-0.15, -0.1) is 0 Å². The maximum Gasteiger partial charge on any atom is 0.275 e. The number of nitrogens with zero attached hydrogens (tertiary/aromatic N) is 3. The van der Waals surface area contributed by atoms with E-state index in [1.165, 1.54) is 6.07 Å². The Kier molecular flexibility index (Phi) is 4.10. The number of carboxylic acid groups (broad SMARTS) is 1. The fraction of sp³-hybridized carbons (Fsp3) is 0.524. The molecule has 148 valence electrons. The van der Waals surface area contributed by atoms with Gasteiger partial charge in [-0.1, -0.05) is 39.0 Å². The number of likely N-dealkylation sites (tertiary alicyclic amines) is 1. The fourth-order valence-electron chi connectivity index (χ4n) is 5.46. The van der Waals surface area contributed by atoms with E-state index >= 15 is 0 Å². The molecule has 28 heavy (non-hydrogen) atoms. The Labute approximate surface area is 163 Å². The van der Waals surface area contributed by atoms with Crippen LogP contribution in [0.2, 0.25) is 0 Å². The zero-order valence-electron chi connectivity index (χ0n) is 16.4. The zero-order chi connectivity index (χ0) is 20.3. The van der Waals surface area contributed by atoms with Crippen LogP contribution in [0.1, 0.15) is 50.5 Å². The summed E-state index contributed by atoms with van der Waals surface area (Å²) in [6.07, 6.45) is 2.95. The molecule has 4 rings (SSSR count). The van der Waals surface area contributed by atoms with Crippen molar-refractivity contribution in [1.29, 1.82) is 0 Å². The van der Waals surface area contributed by atoms with Gasteiger partial charge in [-0.3, -0.25) is 9.59 Å². The highest BCUT2D eigenvalue weighted by atomic mass is 16.4. The SMILES string of the molecule is CC1(C)C[C@@H]2C[C@@](C)(CN2C(=O)Cn2nc(C(=O)[O-])c3ccccc3c2=O)C1. The first-order valence-electron chi connectivity index (χ1n) is 9.59. The standard InChI is InChI=1S/C21H25N3O4/c1-20(2)8-13-9-21(3,11-20)12-23(13)16(25)10-24-18(26)15-7-5-4-6-14(15)17(22-24)19(27)28/h4-7,13H,8-12H2,1-3H3,(H,27,28)/p-1/t13-,21-/m1/s1. The van der Waals surface area contributed by atoms with E-state index in [2.05, 4.69) is 25.9 Å². The number of rotatable bonds is 3. The van der Waals surface area contributed by atoms with Crippen molar-refractivity contribution in [2.75, 3.05) is 6.54 Å². The molecule has 1 aliphatic carbocycles. The number of carbonyl (C=O) groups excluding carboxylic acids is 2. The van der Waals surface area contributed by atoms with Gasteiger partial charge < -0.3 is 14.8 Å². The molecule has 2 aliphatic rings. The van der Waals surface area contributed by atoms with E-state index < -0.39 is 11.5 Å². The van der Waals surface area contributed by atoms with E-state index in [1.54, 1.807) is 18.2 Å². The number of carboxylic acids is 1. The number of aromatic nitrogens is 2. The van der Waals surface area contributed by atoms with Gasteiger partial charge in [-0.05, 0) is 36.2 Å². The molecule has 2 aromatic rings. The Morgan fingerprint density at radius 3 is 2.54 bits per heavy atom. The second-order valence-electron chi connectivity index (χ2n) is 9.38. The molecule has 0 N–H and O–H groups in total. The summed E-state index contributed by atoms with van der Waals surface area (Å²) in [6, 6.07) is 6.50. The minimum atomic E-state index is -1.47. The predicted molar refractivity (Wildman–Crippen MR) is 102 cm³/mol. The Morgan fingerprint density at radius 2 is 1.86 bits per heavy atom. The van der Waals surface area contributed by atoms with E-state index in [-0.39, 0.29) is 45.8 Å². The lowest BCUT2D eigenvalue weighted by Gasteiger charge is -2.39. The number of fused-ring (bicyclic) bond motifs is 3. The van der Waals surface area contributed by atoms with Crippen LogP contribution in [-0.4, -0.2) is 39.1 Å². The lowest BCUT2D eigenvalue weighted by atomic mass is 9.65. The van der Waals surface area contributed by atoms with E-state index in [4.69, 9.17) is 0 Å². The van der Waals surface area contributed by atoms with Crippen LogP contribution in [0.4, 0.5) is 0 Å². The van der Waals surface area contributed by atoms with E-state index in [1.807, 2.05) is 4.90 Å². The monoisotopic (exact) mass is 382 g/mol. The summed E-state index contributed by atoms with van der Waals surface area (Å²) in [6.45, 7) is 7.06. The molecule has 0 spiro atoms. The van der Waals surface area contributed by atoms with Gasteiger partial charge >= 0.3 is 0 Å². The number of benzene rings is 1. The van der Waals surface area contributed by atoms with E-state index in [9.17, 15) is 19.5 Å². The molecule has 1 aliphatic heterocycles. The van der Waals surface area contributed by atoms with E-state index in [0.29, 0.717) is 6.54 Å². The average Bonchev–Trinajstić information content (AvgIpc) is 2.86. The minimum Gasteiger partial charge on any atom is -0.543 e. The van der Waals surface area contributed by atoms with Crippen molar-refractivity contribution < 1.29 is 14.7 Å². The second kappa shape index (κ2) is 6.15. The van der Waals surface area contributed by atoms with Gasteiger partial charge in [0.15, 0.2) is 0 Å². The third kappa shape index (κ3) is 3.08. The summed E-state index contributed by atoms with van der Waals surface area (Å²) in [5.41, 5.74) is -0.536. The second-order valence-corrected chi connectivity index (χ2v) is 9.38. The van der Waals surface area contributed by atoms with Crippen molar-refractivity contribution in [2.24, 2.45) is 10.8 Å². The molecule has 2 bridgehead atoms. The van der Waals surface area contributed by atoms with Gasteiger partial charge in [0, 0.05) is 18.0 Å². The summed E-state index contributed by atoms with van der Waals surface area (Å²) in [7, 11) is 0.